The number of carbonyl (C=O) groups is 3. The zero-order valence-electron chi connectivity index (χ0n) is 18.3. The van der Waals surface area contributed by atoms with E-state index < -0.39 is 24.0 Å². The highest BCUT2D eigenvalue weighted by Gasteiger charge is 2.29. The normalized spacial score (nSPS) is 12.8. The van der Waals surface area contributed by atoms with Crippen molar-refractivity contribution >= 4 is 23.7 Å². The molecule has 0 radical (unpaired) electrons. The highest BCUT2D eigenvalue weighted by Crippen LogP contribution is 2.44. The fourth-order valence-electron chi connectivity index (χ4n) is 4.09. The van der Waals surface area contributed by atoms with E-state index in [2.05, 4.69) is 17.2 Å². The minimum atomic E-state index is -1.17. The third-order valence-electron chi connectivity index (χ3n) is 5.71. The van der Waals surface area contributed by atoms with E-state index in [0.717, 1.165) is 22.3 Å². The van der Waals surface area contributed by atoms with Gasteiger partial charge in [0.15, 0.2) is 0 Å². The van der Waals surface area contributed by atoms with Gasteiger partial charge in [0.2, 0.25) is 5.76 Å². The molecule has 34 heavy (non-hydrogen) atoms. The Hall–Kier alpha value is -4.33. The highest BCUT2D eigenvalue weighted by molar-refractivity contribution is 6.01. The van der Waals surface area contributed by atoms with E-state index in [1.165, 1.54) is 12.3 Å². The van der Waals surface area contributed by atoms with Gasteiger partial charge in [0.25, 0.3) is 5.91 Å². The molecule has 0 saturated heterocycles. The second kappa shape index (κ2) is 10.1. The lowest BCUT2D eigenvalue weighted by molar-refractivity contribution is -0.139. The molecule has 0 fully saturated rings. The summed E-state index contributed by atoms with van der Waals surface area (Å²) in [6.07, 6.45) is 2.64. The van der Waals surface area contributed by atoms with Gasteiger partial charge in [-0.15, -0.1) is 6.58 Å². The Balaban J connectivity index is 1.41. The van der Waals surface area contributed by atoms with Crippen LogP contribution in [0.2, 0.25) is 0 Å². The Bertz CT molecular complexity index is 1190. The molecule has 3 N–H and O–H groups in total. The number of carboxylic acids is 1. The van der Waals surface area contributed by atoms with Crippen LogP contribution in [0.4, 0.5) is 10.5 Å². The maximum absolute atomic E-state index is 12.5. The van der Waals surface area contributed by atoms with Crippen LogP contribution < -0.4 is 10.6 Å². The van der Waals surface area contributed by atoms with E-state index in [-0.39, 0.29) is 30.4 Å². The largest absolute Gasteiger partial charge is 0.480 e. The number of furan rings is 1. The molecule has 1 heterocycles. The van der Waals surface area contributed by atoms with E-state index >= 15 is 0 Å². The van der Waals surface area contributed by atoms with Crippen molar-refractivity contribution in [1.82, 2.24) is 5.32 Å². The summed E-state index contributed by atoms with van der Waals surface area (Å²) in [5, 5.41) is 14.2. The average Bonchev–Trinajstić information content (AvgIpc) is 3.42. The minimum Gasteiger partial charge on any atom is -0.480 e. The second-order valence-electron chi connectivity index (χ2n) is 7.84. The first-order valence-electron chi connectivity index (χ1n) is 10.8. The van der Waals surface area contributed by atoms with Crippen LogP contribution in [0.3, 0.4) is 0 Å². The van der Waals surface area contributed by atoms with Crippen molar-refractivity contribution in [1.29, 1.82) is 0 Å². The molecule has 4 rings (SSSR count). The molecule has 174 valence electrons. The molecule has 0 spiro atoms. The van der Waals surface area contributed by atoms with Crippen LogP contribution in [0.5, 0.6) is 0 Å². The van der Waals surface area contributed by atoms with Crippen LogP contribution in [0.15, 0.2) is 77.9 Å². The lowest BCUT2D eigenvalue weighted by Crippen LogP contribution is -2.40. The average molecular weight is 460 g/mol. The number of rotatable bonds is 9. The number of ether oxygens (including phenoxy) is 1. The van der Waals surface area contributed by atoms with Gasteiger partial charge in [-0.2, -0.15) is 0 Å². The molecule has 3 aromatic rings. The predicted molar refractivity (Wildman–Crippen MR) is 126 cm³/mol. The standard InChI is InChI=1S/C26H24N2O6/c1-2-3-12-22(25(30)31)27-24(29)23-21(13-14-33-23)28-26(32)34-15-20-18-10-6-4-8-16(18)17-9-5-7-11-19(17)20/h2,4-11,13-14,20,22H,1,3,12,15H2,(H,27,29)(H,28,32)(H,30,31). The van der Waals surface area contributed by atoms with Crippen molar-refractivity contribution in [3.63, 3.8) is 0 Å². The van der Waals surface area contributed by atoms with Crippen LogP contribution in [0.25, 0.3) is 11.1 Å². The number of hydrogen-bond donors (Lipinski definition) is 3. The van der Waals surface area contributed by atoms with Crippen LogP contribution in [-0.4, -0.2) is 35.7 Å². The van der Waals surface area contributed by atoms with Gasteiger partial charge < -0.3 is 19.6 Å². The molecule has 1 unspecified atom stereocenters. The molecular formula is C26H24N2O6. The summed E-state index contributed by atoms with van der Waals surface area (Å²) >= 11 is 0. The molecular weight excluding hydrogens is 436 g/mol. The van der Waals surface area contributed by atoms with Gasteiger partial charge in [-0.25, -0.2) is 9.59 Å². The Morgan fingerprint density at radius 2 is 1.71 bits per heavy atom. The fourth-order valence-corrected chi connectivity index (χ4v) is 4.09. The summed E-state index contributed by atoms with van der Waals surface area (Å²) in [6, 6.07) is 16.3. The van der Waals surface area contributed by atoms with E-state index in [1.807, 2.05) is 48.5 Å². The van der Waals surface area contributed by atoms with Crippen molar-refractivity contribution in [3.05, 3.63) is 90.4 Å². The number of anilines is 1. The fraction of sp³-hybridized carbons (Fsp3) is 0.192. The van der Waals surface area contributed by atoms with Crippen molar-refractivity contribution < 1.29 is 28.6 Å². The maximum Gasteiger partial charge on any atom is 0.411 e. The maximum atomic E-state index is 12.5. The first kappa shape index (κ1) is 22.8. The van der Waals surface area contributed by atoms with Gasteiger partial charge in [0.1, 0.15) is 12.6 Å². The van der Waals surface area contributed by atoms with E-state index in [9.17, 15) is 19.5 Å². The van der Waals surface area contributed by atoms with Gasteiger partial charge >= 0.3 is 12.1 Å². The number of benzene rings is 2. The first-order chi connectivity index (χ1) is 16.5. The molecule has 8 heteroatoms. The van der Waals surface area contributed by atoms with Crippen LogP contribution in [0.1, 0.15) is 40.4 Å². The summed E-state index contributed by atoms with van der Waals surface area (Å²) in [5.41, 5.74) is 4.48. The Morgan fingerprint density at radius 3 is 2.32 bits per heavy atom. The Morgan fingerprint density at radius 1 is 1.06 bits per heavy atom. The minimum absolute atomic E-state index is 0.0857. The number of aliphatic carboxylic acids is 1. The second-order valence-corrected chi connectivity index (χ2v) is 7.84. The predicted octanol–water partition coefficient (Wildman–Crippen LogP) is 4.79. The molecule has 2 aromatic carbocycles. The third kappa shape index (κ3) is 4.71. The summed E-state index contributed by atoms with van der Waals surface area (Å²) in [4.78, 5) is 36.5. The summed E-state index contributed by atoms with van der Waals surface area (Å²) < 4.78 is 10.7. The monoisotopic (exact) mass is 460 g/mol. The van der Waals surface area contributed by atoms with Crippen molar-refractivity contribution in [3.8, 4) is 11.1 Å². The Kier molecular flexibility index (Phi) is 6.77. The van der Waals surface area contributed by atoms with Gasteiger partial charge in [-0.1, -0.05) is 54.6 Å². The van der Waals surface area contributed by atoms with E-state index in [1.54, 1.807) is 6.08 Å². The summed E-state index contributed by atoms with van der Waals surface area (Å²) in [7, 11) is 0. The van der Waals surface area contributed by atoms with Crippen molar-refractivity contribution in [2.45, 2.75) is 24.8 Å². The molecule has 1 aliphatic rings. The third-order valence-corrected chi connectivity index (χ3v) is 5.71. The van der Waals surface area contributed by atoms with Gasteiger partial charge in [-0.3, -0.25) is 10.1 Å². The zero-order valence-corrected chi connectivity index (χ0v) is 18.3. The van der Waals surface area contributed by atoms with Gasteiger partial charge in [0, 0.05) is 12.0 Å². The van der Waals surface area contributed by atoms with E-state index in [0.29, 0.717) is 6.42 Å². The lowest BCUT2D eigenvalue weighted by Gasteiger charge is -2.15. The van der Waals surface area contributed by atoms with Crippen LogP contribution in [-0.2, 0) is 9.53 Å². The molecule has 8 nitrogen and oxygen atoms in total. The number of fused-ring (bicyclic) bond motifs is 3. The Labute approximate surface area is 196 Å². The molecule has 1 aliphatic carbocycles. The molecule has 0 saturated carbocycles. The van der Waals surface area contributed by atoms with Crippen molar-refractivity contribution in [2.75, 3.05) is 11.9 Å². The number of nitrogens with one attached hydrogen (secondary N) is 2. The molecule has 0 aliphatic heterocycles. The first-order valence-corrected chi connectivity index (χ1v) is 10.8. The quantitative estimate of drug-likeness (QED) is 0.395. The number of carboxylic acid groups (broad SMARTS) is 1. The van der Waals surface area contributed by atoms with Crippen LogP contribution in [0, 0.1) is 0 Å². The van der Waals surface area contributed by atoms with Gasteiger partial charge in [0.05, 0.1) is 12.0 Å². The topological polar surface area (TPSA) is 118 Å². The zero-order chi connectivity index (χ0) is 24.1. The summed E-state index contributed by atoms with van der Waals surface area (Å²) in [6.45, 7) is 3.67. The lowest BCUT2D eigenvalue weighted by atomic mass is 9.98. The van der Waals surface area contributed by atoms with Gasteiger partial charge in [-0.05, 0) is 35.1 Å². The van der Waals surface area contributed by atoms with E-state index in [4.69, 9.17) is 9.15 Å². The van der Waals surface area contributed by atoms with Crippen LogP contribution >= 0.6 is 0 Å². The number of amides is 2. The number of allylic oxidation sites excluding steroid dienone is 1. The number of hydrogen-bond acceptors (Lipinski definition) is 5. The smallest absolute Gasteiger partial charge is 0.411 e. The summed E-state index contributed by atoms with van der Waals surface area (Å²) in [5.74, 6) is -2.24. The number of carbonyl (C=O) groups excluding carboxylic acids is 2. The SMILES string of the molecule is C=CCCC(NC(=O)c1occc1NC(=O)OCC1c2ccccc2-c2ccccc21)C(=O)O. The molecule has 2 amide bonds. The highest BCUT2D eigenvalue weighted by atomic mass is 16.5. The van der Waals surface area contributed by atoms with Crippen molar-refractivity contribution in [2.24, 2.45) is 0 Å². The molecule has 0 bridgehead atoms. The molecule has 1 atom stereocenters. The molecule has 1 aromatic heterocycles.